The van der Waals surface area contributed by atoms with Crippen LogP contribution in [0.25, 0.3) is 0 Å². The van der Waals surface area contributed by atoms with Crippen molar-refractivity contribution in [2.45, 2.75) is 39.6 Å². The predicted molar refractivity (Wildman–Crippen MR) is 107 cm³/mol. The molecule has 130 valence electrons. The lowest BCUT2D eigenvalue weighted by Crippen LogP contribution is -2.33. The Labute approximate surface area is 155 Å². The molecule has 0 saturated carbocycles. The summed E-state index contributed by atoms with van der Waals surface area (Å²) in [6.07, 6.45) is 2.28. The van der Waals surface area contributed by atoms with Crippen molar-refractivity contribution in [3.05, 3.63) is 46.5 Å². The van der Waals surface area contributed by atoms with E-state index in [0.29, 0.717) is 19.5 Å². The molecule has 0 radical (unpaired) electrons. The van der Waals surface area contributed by atoms with Gasteiger partial charge in [-0.3, -0.25) is 0 Å². The molecule has 0 aliphatic carbocycles. The molecule has 0 heterocycles. The van der Waals surface area contributed by atoms with Gasteiger partial charge in [0, 0.05) is 17.4 Å². The molecule has 0 aliphatic rings. The van der Waals surface area contributed by atoms with Crippen LogP contribution in [-0.2, 0) is 11.3 Å². The van der Waals surface area contributed by atoms with Gasteiger partial charge in [-0.15, -0.1) is 11.5 Å². The van der Waals surface area contributed by atoms with Crippen molar-refractivity contribution < 1.29 is 9.53 Å². The number of carbonyl (C=O) groups excluding carboxylic acids is 1. The number of nitrogens with zero attached hydrogens (tertiary/aromatic N) is 1. The molecule has 1 amide bonds. The molecule has 24 heavy (non-hydrogen) atoms. The summed E-state index contributed by atoms with van der Waals surface area (Å²) in [5.74, 6) is 3.20. The lowest BCUT2D eigenvalue weighted by Gasteiger charge is -2.21. The second-order valence-corrected chi connectivity index (χ2v) is 12.3. The van der Waals surface area contributed by atoms with E-state index in [1.807, 2.05) is 43.3 Å². The first-order valence-corrected chi connectivity index (χ1v) is 12.4. The summed E-state index contributed by atoms with van der Waals surface area (Å²) in [6.45, 7) is 9.91. The molecular weight excluding hydrogens is 382 g/mol. The van der Waals surface area contributed by atoms with Gasteiger partial charge in [-0.25, -0.2) is 4.79 Å². The van der Waals surface area contributed by atoms with Crippen LogP contribution in [0.2, 0.25) is 19.6 Å². The quantitative estimate of drug-likeness (QED) is 0.479. The van der Waals surface area contributed by atoms with Crippen molar-refractivity contribution in [1.82, 2.24) is 4.90 Å². The Morgan fingerprint density at radius 1 is 1.29 bits per heavy atom. The van der Waals surface area contributed by atoms with E-state index in [0.717, 1.165) is 10.0 Å². The SMILES string of the molecule is C/C=C(/Br)CN(CCC#C[Si](C)(C)C)C(=O)OCc1ccccc1. The van der Waals surface area contributed by atoms with Crippen molar-refractivity contribution >= 4 is 30.1 Å². The average Bonchev–Trinajstić information content (AvgIpc) is 2.55. The third kappa shape index (κ3) is 8.95. The first-order valence-electron chi connectivity index (χ1n) is 8.08. The number of amides is 1. The molecule has 1 rings (SSSR count). The van der Waals surface area contributed by atoms with Crippen LogP contribution < -0.4 is 0 Å². The number of halogens is 1. The van der Waals surface area contributed by atoms with Crippen molar-refractivity contribution in [3.8, 4) is 11.5 Å². The smallest absolute Gasteiger partial charge is 0.410 e. The van der Waals surface area contributed by atoms with Gasteiger partial charge in [0.15, 0.2) is 0 Å². The number of carbonyl (C=O) groups is 1. The Morgan fingerprint density at radius 3 is 2.54 bits per heavy atom. The van der Waals surface area contributed by atoms with Crippen LogP contribution in [0.15, 0.2) is 40.9 Å². The van der Waals surface area contributed by atoms with Crippen molar-refractivity contribution in [1.29, 1.82) is 0 Å². The minimum absolute atomic E-state index is 0.282. The Kier molecular flexibility index (Phi) is 8.87. The Balaban J connectivity index is 2.62. The maximum atomic E-state index is 12.4. The molecule has 0 saturated heterocycles. The van der Waals surface area contributed by atoms with Crippen LogP contribution in [0.3, 0.4) is 0 Å². The summed E-state index contributed by atoms with van der Waals surface area (Å²) in [5.41, 5.74) is 4.31. The number of hydrogen-bond donors (Lipinski definition) is 0. The number of hydrogen-bond acceptors (Lipinski definition) is 2. The van der Waals surface area contributed by atoms with Gasteiger partial charge >= 0.3 is 6.09 Å². The van der Waals surface area contributed by atoms with Crippen LogP contribution in [0.4, 0.5) is 4.79 Å². The molecule has 0 unspecified atom stereocenters. The van der Waals surface area contributed by atoms with E-state index in [4.69, 9.17) is 4.74 Å². The summed E-state index contributed by atoms with van der Waals surface area (Å²) in [7, 11) is -1.37. The molecule has 0 bridgehead atoms. The third-order valence-corrected chi connectivity index (χ3v) is 4.72. The fourth-order valence-electron chi connectivity index (χ4n) is 1.84. The second-order valence-electron chi connectivity index (χ2n) is 6.50. The standard InChI is InChI=1S/C19H26BrNO2Si/c1-5-18(20)15-21(13-9-10-14-24(2,3)4)19(22)23-16-17-11-7-6-8-12-17/h5-8,11-12H,9,13,15-16H2,1-4H3/b18-5+. The van der Waals surface area contributed by atoms with Gasteiger partial charge in [0.1, 0.15) is 14.7 Å². The maximum absolute atomic E-state index is 12.4. The maximum Gasteiger partial charge on any atom is 0.410 e. The molecule has 1 aromatic rings. The number of benzene rings is 1. The number of rotatable bonds is 6. The minimum atomic E-state index is -1.37. The molecule has 5 heteroatoms. The molecule has 0 aliphatic heterocycles. The molecule has 3 nitrogen and oxygen atoms in total. The van der Waals surface area contributed by atoms with E-state index in [2.05, 4.69) is 47.0 Å². The van der Waals surface area contributed by atoms with Crippen LogP contribution >= 0.6 is 15.9 Å². The van der Waals surface area contributed by atoms with Crippen molar-refractivity contribution in [2.75, 3.05) is 13.1 Å². The summed E-state index contributed by atoms with van der Waals surface area (Å²) in [5, 5.41) is 0. The Bertz CT molecular complexity index is 612. The largest absolute Gasteiger partial charge is 0.445 e. The highest BCUT2D eigenvalue weighted by Gasteiger charge is 2.15. The first-order chi connectivity index (χ1) is 11.3. The lowest BCUT2D eigenvalue weighted by molar-refractivity contribution is 0.101. The number of ether oxygens (including phenoxy) is 1. The lowest BCUT2D eigenvalue weighted by atomic mass is 10.2. The first kappa shape index (κ1) is 20.5. The van der Waals surface area contributed by atoms with E-state index in [9.17, 15) is 4.79 Å². The summed E-state index contributed by atoms with van der Waals surface area (Å²) >= 11 is 3.47. The van der Waals surface area contributed by atoms with E-state index in [1.165, 1.54) is 0 Å². The molecule has 0 atom stereocenters. The van der Waals surface area contributed by atoms with Crippen LogP contribution in [-0.4, -0.2) is 32.2 Å². The van der Waals surface area contributed by atoms with Gasteiger partial charge < -0.3 is 9.64 Å². The van der Waals surface area contributed by atoms with Gasteiger partial charge in [-0.1, -0.05) is 72.0 Å². The summed E-state index contributed by atoms with van der Waals surface area (Å²) in [4.78, 5) is 14.1. The topological polar surface area (TPSA) is 29.5 Å². The third-order valence-electron chi connectivity index (χ3n) is 3.09. The van der Waals surface area contributed by atoms with Crippen LogP contribution in [0, 0.1) is 11.5 Å². The Morgan fingerprint density at radius 2 is 1.96 bits per heavy atom. The van der Waals surface area contributed by atoms with Crippen LogP contribution in [0.1, 0.15) is 18.9 Å². The normalized spacial score (nSPS) is 11.5. The molecule has 0 spiro atoms. The highest BCUT2D eigenvalue weighted by molar-refractivity contribution is 9.11. The summed E-state index contributed by atoms with van der Waals surface area (Å²) in [6, 6.07) is 9.70. The predicted octanol–water partition coefficient (Wildman–Crippen LogP) is 5.19. The molecule has 0 fully saturated rings. The molecule has 0 aromatic heterocycles. The van der Waals surface area contributed by atoms with Gasteiger partial charge in [-0.05, 0) is 12.5 Å². The highest BCUT2D eigenvalue weighted by Crippen LogP contribution is 2.10. The van der Waals surface area contributed by atoms with E-state index < -0.39 is 8.07 Å². The van der Waals surface area contributed by atoms with Gasteiger partial charge in [0.25, 0.3) is 0 Å². The zero-order valence-corrected chi connectivity index (χ0v) is 17.5. The minimum Gasteiger partial charge on any atom is -0.445 e. The van der Waals surface area contributed by atoms with Crippen molar-refractivity contribution in [3.63, 3.8) is 0 Å². The van der Waals surface area contributed by atoms with E-state index in [-0.39, 0.29) is 12.7 Å². The molecule has 1 aromatic carbocycles. The van der Waals surface area contributed by atoms with Gasteiger partial charge in [-0.2, -0.15) is 0 Å². The number of allylic oxidation sites excluding steroid dienone is 1. The highest BCUT2D eigenvalue weighted by atomic mass is 79.9. The zero-order chi connectivity index (χ0) is 18.0. The zero-order valence-electron chi connectivity index (χ0n) is 14.9. The average molecular weight is 408 g/mol. The van der Waals surface area contributed by atoms with E-state index >= 15 is 0 Å². The Hall–Kier alpha value is -1.51. The monoisotopic (exact) mass is 407 g/mol. The van der Waals surface area contributed by atoms with Crippen molar-refractivity contribution in [2.24, 2.45) is 0 Å². The summed E-state index contributed by atoms with van der Waals surface area (Å²) < 4.78 is 6.39. The fourth-order valence-corrected chi connectivity index (χ4v) is 2.80. The fraction of sp³-hybridized carbons (Fsp3) is 0.421. The van der Waals surface area contributed by atoms with Gasteiger partial charge in [0.05, 0.1) is 6.54 Å². The second kappa shape index (κ2) is 10.4. The molecular formula is C19H26BrNO2Si. The van der Waals surface area contributed by atoms with Gasteiger partial charge in [0.2, 0.25) is 0 Å². The van der Waals surface area contributed by atoms with Crippen LogP contribution in [0.5, 0.6) is 0 Å². The molecule has 0 N–H and O–H groups in total. The van der Waals surface area contributed by atoms with E-state index in [1.54, 1.807) is 4.90 Å².